The maximum absolute atomic E-state index is 12.3. The van der Waals surface area contributed by atoms with Crippen LogP contribution in [0.15, 0.2) is 24.3 Å². The van der Waals surface area contributed by atoms with Crippen molar-refractivity contribution in [3.8, 4) is 5.75 Å². The van der Waals surface area contributed by atoms with Crippen LogP contribution in [0.25, 0.3) is 0 Å². The first-order valence-corrected chi connectivity index (χ1v) is 7.63. The average Bonchev–Trinajstić information content (AvgIpc) is 2.56. The highest BCUT2D eigenvalue weighted by Gasteiger charge is 2.47. The Kier molecular flexibility index (Phi) is 5.41. The van der Waals surface area contributed by atoms with Crippen LogP contribution in [-0.4, -0.2) is 37.5 Å². The number of hydrogen-bond donors (Lipinski definition) is 0. The molecular weight excluding hydrogens is 282 g/mol. The van der Waals surface area contributed by atoms with Gasteiger partial charge in [0, 0.05) is 0 Å². The molecule has 0 bridgehead atoms. The number of benzene rings is 1. The molecule has 2 rings (SSSR count). The summed E-state index contributed by atoms with van der Waals surface area (Å²) < 4.78 is 9.86. The van der Waals surface area contributed by atoms with E-state index in [2.05, 4.69) is 11.7 Å². The molecule has 0 spiro atoms. The van der Waals surface area contributed by atoms with Gasteiger partial charge in [0.1, 0.15) is 12.3 Å². The fourth-order valence-corrected chi connectivity index (χ4v) is 2.92. The lowest BCUT2D eigenvalue weighted by molar-refractivity contribution is -0.165. The molecule has 5 nitrogen and oxygen atoms in total. The Morgan fingerprint density at radius 1 is 1.23 bits per heavy atom. The van der Waals surface area contributed by atoms with Crippen LogP contribution in [0.2, 0.25) is 0 Å². The number of hydrogen-bond acceptors (Lipinski definition) is 4. The first kappa shape index (κ1) is 16.3. The number of nitrogens with zero attached hydrogens (tertiary/aromatic N) is 1. The van der Waals surface area contributed by atoms with E-state index in [1.807, 2.05) is 24.3 Å². The Morgan fingerprint density at radius 2 is 1.91 bits per heavy atom. The zero-order valence-electron chi connectivity index (χ0n) is 13.4. The Morgan fingerprint density at radius 3 is 2.45 bits per heavy atom. The normalized spacial score (nSPS) is 20.5. The quantitative estimate of drug-likeness (QED) is 0.574. The summed E-state index contributed by atoms with van der Waals surface area (Å²) in [5, 5.41) is 0. The number of likely N-dealkylation sites (tertiary alicyclic amines) is 1. The fraction of sp³-hybridized carbons (Fsp3) is 0.529. The molecular formula is C17H23NO4. The van der Waals surface area contributed by atoms with Crippen molar-refractivity contribution in [1.29, 1.82) is 0 Å². The number of methoxy groups -OCH3 is 2. The summed E-state index contributed by atoms with van der Waals surface area (Å²) in [6, 6.07) is 7.62. The number of amides is 1. The third-order valence-corrected chi connectivity index (χ3v) is 4.17. The van der Waals surface area contributed by atoms with Crippen LogP contribution in [-0.2, 0) is 14.3 Å². The molecule has 1 amide bonds. The number of rotatable bonds is 7. The third kappa shape index (κ3) is 3.24. The SMILES string of the molecule is CCCC[C@H]1C(=O)N(CC(=O)OC)[C@@H]1c1ccc(OC)cc1. The molecule has 1 aliphatic heterocycles. The van der Waals surface area contributed by atoms with Gasteiger partial charge in [-0.05, 0) is 24.1 Å². The molecule has 0 radical (unpaired) electrons. The van der Waals surface area contributed by atoms with Gasteiger partial charge in [0.05, 0.1) is 26.2 Å². The second kappa shape index (κ2) is 7.29. The van der Waals surface area contributed by atoms with Crippen molar-refractivity contribution in [2.45, 2.75) is 32.2 Å². The van der Waals surface area contributed by atoms with Gasteiger partial charge in [-0.2, -0.15) is 0 Å². The van der Waals surface area contributed by atoms with Crippen LogP contribution in [0.1, 0.15) is 37.8 Å². The molecule has 5 heteroatoms. The lowest BCUT2D eigenvalue weighted by Crippen LogP contribution is -2.56. The van der Waals surface area contributed by atoms with Crippen molar-refractivity contribution in [1.82, 2.24) is 4.90 Å². The van der Waals surface area contributed by atoms with Crippen molar-refractivity contribution in [2.24, 2.45) is 5.92 Å². The van der Waals surface area contributed by atoms with E-state index in [1.54, 1.807) is 12.0 Å². The summed E-state index contributed by atoms with van der Waals surface area (Å²) in [6.45, 7) is 2.12. The lowest BCUT2D eigenvalue weighted by atomic mass is 9.79. The van der Waals surface area contributed by atoms with E-state index >= 15 is 0 Å². The second-order valence-corrected chi connectivity index (χ2v) is 5.51. The number of carbonyl (C=O) groups is 2. The standard InChI is InChI=1S/C17H23NO4/c1-4-5-6-14-16(12-7-9-13(21-2)10-8-12)18(17(14)20)11-15(19)22-3/h7-10,14,16H,4-6,11H2,1-3H3/t14-,16-/m1/s1. The van der Waals surface area contributed by atoms with Crippen molar-refractivity contribution < 1.29 is 19.1 Å². The third-order valence-electron chi connectivity index (χ3n) is 4.17. The first-order valence-electron chi connectivity index (χ1n) is 7.63. The molecule has 1 aromatic rings. The van der Waals surface area contributed by atoms with Gasteiger partial charge >= 0.3 is 5.97 Å². The summed E-state index contributed by atoms with van der Waals surface area (Å²) in [5.74, 6) is 0.387. The fourth-order valence-electron chi connectivity index (χ4n) is 2.92. The Balaban J connectivity index is 2.18. The molecule has 2 atom stereocenters. The minimum Gasteiger partial charge on any atom is -0.497 e. The van der Waals surface area contributed by atoms with Crippen LogP contribution < -0.4 is 4.74 Å². The van der Waals surface area contributed by atoms with Gasteiger partial charge in [-0.3, -0.25) is 9.59 Å². The smallest absolute Gasteiger partial charge is 0.325 e. The van der Waals surface area contributed by atoms with Gasteiger partial charge < -0.3 is 14.4 Å². The summed E-state index contributed by atoms with van der Waals surface area (Å²) in [6.07, 6.45) is 2.91. The van der Waals surface area contributed by atoms with Crippen molar-refractivity contribution in [2.75, 3.05) is 20.8 Å². The topological polar surface area (TPSA) is 55.8 Å². The van der Waals surface area contributed by atoms with E-state index in [9.17, 15) is 9.59 Å². The van der Waals surface area contributed by atoms with Gasteiger partial charge in [0.15, 0.2) is 0 Å². The van der Waals surface area contributed by atoms with Crippen molar-refractivity contribution in [3.63, 3.8) is 0 Å². The van der Waals surface area contributed by atoms with Gasteiger partial charge in [-0.25, -0.2) is 0 Å². The summed E-state index contributed by atoms with van der Waals surface area (Å²) in [5.41, 5.74) is 1.03. The summed E-state index contributed by atoms with van der Waals surface area (Å²) >= 11 is 0. The Hall–Kier alpha value is -2.04. The van der Waals surface area contributed by atoms with Crippen LogP contribution in [0.4, 0.5) is 0 Å². The number of esters is 1. The maximum atomic E-state index is 12.3. The van der Waals surface area contributed by atoms with Crippen molar-refractivity contribution in [3.05, 3.63) is 29.8 Å². The molecule has 120 valence electrons. The van der Waals surface area contributed by atoms with Crippen LogP contribution >= 0.6 is 0 Å². The minimum absolute atomic E-state index is 0.00859. The van der Waals surface area contributed by atoms with Crippen molar-refractivity contribution >= 4 is 11.9 Å². The largest absolute Gasteiger partial charge is 0.497 e. The monoisotopic (exact) mass is 305 g/mol. The summed E-state index contributed by atoms with van der Waals surface area (Å²) in [7, 11) is 2.96. The van der Waals surface area contributed by atoms with Gasteiger partial charge in [-0.1, -0.05) is 31.9 Å². The van der Waals surface area contributed by atoms with E-state index in [4.69, 9.17) is 4.74 Å². The highest BCUT2D eigenvalue weighted by Crippen LogP contribution is 2.42. The van der Waals surface area contributed by atoms with E-state index < -0.39 is 0 Å². The molecule has 22 heavy (non-hydrogen) atoms. The van der Waals surface area contributed by atoms with E-state index in [1.165, 1.54) is 7.11 Å². The Labute approximate surface area is 131 Å². The molecule has 1 heterocycles. The van der Waals surface area contributed by atoms with Crippen LogP contribution in [0, 0.1) is 5.92 Å². The molecule has 0 unspecified atom stereocenters. The molecule has 0 N–H and O–H groups in total. The molecule has 0 aliphatic carbocycles. The zero-order valence-corrected chi connectivity index (χ0v) is 13.4. The Bertz CT molecular complexity index is 526. The predicted molar refractivity (Wildman–Crippen MR) is 82.5 cm³/mol. The summed E-state index contributed by atoms with van der Waals surface area (Å²) in [4.78, 5) is 25.4. The highest BCUT2D eigenvalue weighted by atomic mass is 16.5. The van der Waals surface area contributed by atoms with Crippen LogP contribution in [0.3, 0.4) is 0 Å². The molecule has 1 fully saturated rings. The first-order chi connectivity index (χ1) is 10.6. The van der Waals surface area contributed by atoms with E-state index in [-0.39, 0.29) is 30.4 Å². The maximum Gasteiger partial charge on any atom is 0.325 e. The van der Waals surface area contributed by atoms with Gasteiger partial charge in [0.2, 0.25) is 5.91 Å². The number of β-lactam (4-membered cyclic amide) rings is 1. The molecule has 1 aromatic carbocycles. The molecule has 1 aliphatic rings. The molecule has 1 saturated heterocycles. The highest BCUT2D eigenvalue weighted by molar-refractivity contribution is 5.90. The number of unbranched alkanes of at least 4 members (excludes halogenated alkanes) is 1. The van der Waals surface area contributed by atoms with Gasteiger partial charge in [0.25, 0.3) is 0 Å². The van der Waals surface area contributed by atoms with E-state index in [0.29, 0.717) is 0 Å². The number of carbonyl (C=O) groups excluding carboxylic acids is 2. The second-order valence-electron chi connectivity index (χ2n) is 5.51. The zero-order chi connectivity index (χ0) is 16.1. The van der Waals surface area contributed by atoms with Gasteiger partial charge in [-0.15, -0.1) is 0 Å². The van der Waals surface area contributed by atoms with Crippen LogP contribution in [0.5, 0.6) is 5.75 Å². The lowest BCUT2D eigenvalue weighted by Gasteiger charge is -2.47. The average molecular weight is 305 g/mol. The molecule has 0 aromatic heterocycles. The number of ether oxygens (including phenoxy) is 2. The predicted octanol–water partition coefficient (Wildman–Crippen LogP) is 2.56. The molecule has 0 saturated carbocycles. The van der Waals surface area contributed by atoms with E-state index in [0.717, 1.165) is 30.6 Å². The minimum atomic E-state index is -0.388.